The molecule has 3 heterocycles. The first-order valence-corrected chi connectivity index (χ1v) is 12.1. The van der Waals surface area contributed by atoms with E-state index in [4.69, 9.17) is 9.15 Å². The molecule has 36 heavy (non-hydrogen) atoms. The number of esters is 1. The van der Waals surface area contributed by atoms with Crippen LogP contribution in [0.25, 0.3) is 32.7 Å². The molecular formula is C28H22N2O5S. The fourth-order valence-corrected chi connectivity index (χ4v) is 5.04. The van der Waals surface area contributed by atoms with E-state index in [9.17, 15) is 14.4 Å². The van der Waals surface area contributed by atoms with Crippen LogP contribution in [-0.2, 0) is 11.3 Å². The molecule has 0 aliphatic rings. The van der Waals surface area contributed by atoms with E-state index in [0.29, 0.717) is 21.5 Å². The molecule has 180 valence electrons. The van der Waals surface area contributed by atoms with E-state index >= 15 is 0 Å². The van der Waals surface area contributed by atoms with Crippen LogP contribution >= 0.6 is 11.3 Å². The van der Waals surface area contributed by atoms with Crippen molar-refractivity contribution in [3.05, 3.63) is 98.6 Å². The molecule has 0 bridgehead atoms. The van der Waals surface area contributed by atoms with Gasteiger partial charge >= 0.3 is 5.97 Å². The zero-order chi connectivity index (χ0) is 25.4. The van der Waals surface area contributed by atoms with Crippen LogP contribution in [0.15, 0.2) is 69.9 Å². The third-order valence-electron chi connectivity index (χ3n) is 5.85. The molecule has 0 amide bonds. The number of ether oxygens (including phenoxy) is 1. The number of furan rings is 1. The number of nitrogens with zero attached hydrogens (tertiary/aromatic N) is 1. The number of benzene rings is 2. The van der Waals surface area contributed by atoms with Gasteiger partial charge in [-0.25, -0.2) is 9.78 Å². The lowest BCUT2D eigenvalue weighted by Crippen LogP contribution is -2.14. The van der Waals surface area contributed by atoms with E-state index in [1.54, 1.807) is 30.3 Å². The molecule has 0 spiro atoms. The fraction of sp³-hybridized carbons (Fsp3) is 0.143. The molecule has 0 aliphatic heterocycles. The van der Waals surface area contributed by atoms with Gasteiger partial charge in [-0.1, -0.05) is 54.1 Å². The number of aryl methyl sites for hydroxylation is 2. The molecular weight excluding hydrogens is 476 g/mol. The van der Waals surface area contributed by atoms with Crippen LogP contribution in [0.3, 0.4) is 0 Å². The Balaban J connectivity index is 1.33. The Morgan fingerprint density at radius 3 is 2.36 bits per heavy atom. The highest BCUT2D eigenvalue weighted by Crippen LogP contribution is 2.35. The van der Waals surface area contributed by atoms with Crippen molar-refractivity contribution in [2.24, 2.45) is 0 Å². The second-order valence-corrected chi connectivity index (χ2v) is 9.67. The zero-order valence-electron chi connectivity index (χ0n) is 19.9. The van der Waals surface area contributed by atoms with E-state index in [1.165, 1.54) is 24.3 Å². The smallest absolute Gasteiger partial charge is 0.374 e. The molecule has 0 atom stereocenters. The summed E-state index contributed by atoms with van der Waals surface area (Å²) in [5.74, 6) is 0.0517. The van der Waals surface area contributed by atoms with Gasteiger partial charge in [0.05, 0.1) is 5.39 Å². The predicted molar refractivity (Wildman–Crippen MR) is 138 cm³/mol. The molecule has 0 radical (unpaired) electrons. The maximum atomic E-state index is 12.9. The van der Waals surface area contributed by atoms with Gasteiger partial charge in [-0.05, 0) is 38.5 Å². The minimum atomic E-state index is -0.674. The minimum absolute atomic E-state index is 0.0256. The van der Waals surface area contributed by atoms with E-state index in [1.807, 2.05) is 38.1 Å². The molecule has 3 aromatic heterocycles. The van der Waals surface area contributed by atoms with Gasteiger partial charge in [-0.15, -0.1) is 11.3 Å². The first-order chi connectivity index (χ1) is 17.3. The van der Waals surface area contributed by atoms with Gasteiger partial charge in [0.15, 0.2) is 5.78 Å². The quantitative estimate of drug-likeness (QED) is 0.225. The Labute approximate surface area is 210 Å². The molecule has 5 aromatic rings. The van der Waals surface area contributed by atoms with Crippen molar-refractivity contribution in [2.75, 3.05) is 0 Å². The molecule has 0 unspecified atom stereocenters. The third kappa shape index (κ3) is 4.50. The van der Waals surface area contributed by atoms with Gasteiger partial charge in [0.2, 0.25) is 5.76 Å². The van der Waals surface area contributed by atoms with Crippen LogP contribution < -0.4 is 5.56 Å². The molecule has 2 aromatic carbocycles. The Bertz CT molecular complexity index is 1660. The number of Topliss-reactive ketones (excluding diaryl/α,β-unsaturated/α-hetero) is 1. The van der Waals surface area contributed by atoms with Crippen molar-refractivity contribution in [1.82, 2.24) is 9.97 Å². The molecule has 1 N–H and O–H groups in total. The van der Waals surface area contributed by atoms with Crippen LogP contribution in [-0.4, -0.2) is 21.7 Å². The van der Waals surface area contributed by atoms with Gasteiger partial charge in [-0.2, -0.15) is 0 Å². The van der Waals surface area contributed by atoms with E-state index in [2.05, 4.69) is 9.97 Å². The molecule has 0 fully saturated rings. The topological polar surface area (TPSA) is 102 Å². The van der Waals surface area contributed by atoms with E-state index in [0.717, 1.165) is 27.1 Å². The highest BCUT2D eigenvalue weighted by atomic mass is 32.1. The number of hydrogen-bond donors (Lipinski definition) is 1. The number of carbonyl (C=O) groups is 2. The zero-order valence-corrected chi connectivity index (χ0v) is 20.7. The SMILES string of the molecule is CC(=O)c1ccc(-c2ccc(C(=O)OCc3nc4sc(C)c(-c5ccc(C)cc5)c4c(=O)[nH]3)o2)cc1. The maximum absolute atomic E-state index is 12.9. The molecule has 7 nitrogen and oxygen atoms in total. The van der Waals surface area contributed by atoms with Crippen molar-refractivity contribution in [3.8, 4) is 22.5 Å². The van der Waals surface area contributed by atoms with Gasteiger partial charge in [0.25, 0.3) is 5.56 Å². The van der Waals surface area contributed by atoms with Crippen molar-refractivity contribution in [3.63, 3.8) is 0 Å². The van der Waals surface area contributed by atoms with Crippen molar-refractivity contribution < 1.29 is 18.7 Å². The first-order valence-electron chi connectivity index (χ1n) is 11.3. The number of nitrogens with one attached hydrogen (secondary N) is 1. The molecule has 5 rings (SSSR count). The lowest BCUT2D eigenvalue weighted by molar-refractivity contribution is 0.0427. The first kappa shape index (κ1) is 23.4. The van der Waals surface area contributed by atoms with Crippen molar-refractivity contribution in [1.29, 1.82) is 0 Å². The average Bonchev–Trinajstić information content (AvgIpc) is 3.48. The summed E-state index contributed by atoms with van der Waals surface area (Å²) in [6, 6.07) is 18.1. The third-order valence-corrected chi connectivity index (χ3v) is 6.85. The highest BCUT2D eigenvalue weighted by Gasteiger charge is 2.18. The summed E-state index contributed by atoms with van der Waals surface area (Å²) in [6.45, 7) is 5.27. The fourth-order valence-electron chi connectivity index (χ4n) is 3.98. The summed E-state index contributed by atoms with van der Waals surface area (Å²) < 4.78 is 11.0. The van der Waals surface area contributed by atoms with Crippen LogP contribution in [0, 0.1) is 13.8 Å². The Morgan fingerprint density at radius 2 is 1.67 bits per heavy atom. The molecule has 0 saturated heterocycles. The monoisotopic (exact) mass is 498 g/mol. The average molecular weight is 499 g/mol. The van der Waals surface area contributed by atoms with Gasteiger partial charge in [-0.3, -0.25) is 9.59 Å². The number of hydrogen-bond acceptors (Lipinski definition) is 7. The largest absolute Gasteiger partial charge is 0.452 e. The second kappa shape index (κ2) is 9.39. The number of ketones is 1. The summed E-state index contributed by atoms with van der Waals surface area (Å²) in [4.78, 5) is 45.8. The van der Waals surface area contributed by atoms with E-state index in [-0.39, 0.29) is 29.5 Å². The number of carbonyl (C=O) groups excluding carboxylic acids is 2. The second-order valence-electron chi connectivity index (χ2n) is 8.47. The Morgan fingerprint density at radius 1 is 0.972 bits per heavy atom. The number of aromatic amines is 1. The maximum Gasteiger partial charge on any atom is 0.374 e. The van der Waals surface area contributed by atoms with Crippen molar-refractivity contribution in [2.45, 2.75) is 27.4 Å². The minimum Gasteiger partial charge on any atom is -0.452 e. The summed E-state index contributed by atoms with van der Waals surface area (Å²) in [5.41, 5.74) is 4.01. The molecule has 0 saturated carbocycles. The number of rotatable bonds is 6. The van der Waals surface area contributed by atoms with Gasteiger partial charge < -0.3 is 14.1 Å². The highest BCUT2D eigenvalue weighted by molar-refractivity contribution is 7.19. The number of thiophene rings is 1. The van der Waals surface area contributed by atoms with Crippen molar-refractivity contribution >= 4 is 33.3 Å². The summed E-state index contributed by atoms with van der Waals surface area (Å²) in [7, 11) is 0. The summed E-state index contributed by atoms with van der Waals surface area (Å²) in [6.07, 6.45) is 0. The number of aromatic nitrogens is 2. The lowest BCUT2D eigenvalue weighted by Gasteiger charge is -2.04. The molecule has 8 heteroatoms. The van der Waals surface area contributed by atoms with Gasteiger partial charge in [0, 0.05) is 21.6 Å². The number of fused-ring (bicyclic) bond motifs is 1. The van der Waals surface area contributed by atoms with Crippen LogP contribution in [0.4, 0.5) is 0 Å². The Kier molecular flexibility index (Phi) is 6.12. The standard InChI is InChI=1S/C28H22N2O5S/c1-15-4-6-20(7-5-15)24-17(3)36-27-25(24)26(32)29-23(30-27)14-34-28(33)22-13-12-21(35-22)19-10-8-18(9-11-19)16(2)31/h4-13H,14H2,1-3H3,(H,29,30,32). The van der Waals surface area contributed by atoms with Crippen LogP contribution in [0.2, 0.25) is 0 Å². The van der Waals surface area contributed by atoms with Gasteiger partial charge in [0.1, 0.15) is 23.0 Å². The summed E-state index contributed by atoms with van der Waals surface area (Å²) in [5, 5.41) is 0.530. The lowest BCUT2D eigenvalue weighted by atomic mass is 10.0. The Hall–Kier alpha value is -4.30. The molecule has 0 aliphatic carbocycles. The normalized spacial score (nSPS) is 11.1. The summed E-state index contributed by atoms with van der Waals surface area (Å²) >= 11 is 1.43. The van der Waals surface area contributed by atoms with Crippen LogP contribution in [0.1, 0.15) is 44.1 Å². The predicted octanol–water partition coefficient (Wildman–Crippen LogP) is 6.09. The van der Waals surface area contributed by atoms with Crippen LogP contribution in [0.5, 0.6) is 0 Å². The number of H-pyrrole nitrogens is 1. The van der Waals surface area contributed by atoms with E-state index < -0.39 is 5.97 Å².